The Morgan fingerprint density at radius 1 is 0.571 bits per heavy atom. The summed E-state index contributed by atoms with van der Waals surface area (Å²) in [6, 6.07) is 27.9. The quantitative estimate of drug-likeness (QED) is 0.380. The van der Waals surface area contributed by atoms with Crippen LogP contribution in [0.2, 0.25) is 0 Å². The first-order valence-corrected chi connectivity index (χ1v) is 7.16. The van der Waals surface area contributed by atoms with E-state index in [1.54, 1.807) is 0 Å². The number of benzene rings is 4. The molecule has 0 bridgehead atoms. The van der Waals surface area contributed by atoms with Gasteiger partial charge in [0.15, 0.2) is 0 Å². The average molecular weight is 267 g/mol. The van der Waals surface area contributed by atoms with E-state index in [0.29, 0.717) is 0 Å². The maximum absolute atomic E-state index is 3.98. The van der Waals surface area contributed by atoms with Crippen LogP contribution in [0.4, 0.5) is 0 Å². The highest BCUT2D eigenvalue weighted by Gasteiger charge is 2.09. The molecule has 99 valence electrons. The van der Waals surface area contributed by atoms with E-state index in [4.69, 9.17) is 0 Å². The van der Waals surface area contributed by atoms with Gasteiger partial charge in [0.05, 0.1) is 0 Å². The van der Waals surface area contributed by atoms with E-state index in [1.807, 2.05) is 0 Å². The molecule has 0 nitrogen and oxygen atoms in total. The van der Waals surface area contributed by atoms with E-state index in [-0.39, 0.29) is 0 Å². The Hall–Kier alpha value is -2.60. The first-order chi connectivity index (χ1) is 10.3. The zero-order valence-corrected chi connectivity index (χ0v) is 11.7. The largest absolute Gasteiger partial charge is 0.0616 e. The molecule has 0 saturated heterocycles. The van der Waals surface area contributed by atoms with E-state index >= 15 is 0 Å². The lowest BCUT2D eigenvalue weighted by Gasteiger charge is -2.12. The van der Waals surface area contributed by atoms with Crippen molar-refractivity contribution >= 4 is 21.5 Å². The molecule has 0 aromatic heterocycles. The monoisotopic (exact) mass is 267 g/mol. The molecule has 4 aromatic carbocycles. The van der Waals surface area contributed by atoms with Gasteiger partial charge in [0.2, 0.25) is 0 Å². The Kier molecular flexibility index (Phi) is 2.75. The van der Waals surface area contributed by atoms with Gasteiger partial charge in [0, 0.05) is 0 Å². The summed E-state index contributed by atoms with van der Waals surface area (Å²) in [6.45, 7) is 3.98. The van der Waals surface area contributed by atoms with Crippen LogP contribution in [0.5, 0.6) is 0 Å². The molecule has 0 spiro atoms. The summed E-state index contributed by atoms with van der Waals surface area (Å²) in [5, 5.41) is 5.16. The molecule has 0 amide bonds. The highest BCUT2D eigenvalue weighted by atomic mass is 14.1. The van der Waals surface area contributed by atoms with Crippen LogP contribution in [0.3, 0.4) is 0 Å². The van der Waals surface area contributed by atoms with Crippen molar-refractivity contribution in [3.8, 4) is 11.1 Å². The van der Waals surface area contributed by atoms with Gasteiger partial charge in [0.1, 0.15) is 0 Å². The Morgan fingerprint density at radius 2 is 1.10 bits per heavy atom. The number of hydrogen-bond acceptors (Lipinski definition) is 0. The van der Waals surface area contributed by atoms with Gasteiger partial charge < -0.3 is 0 Å². The minimum Gasteiger partial charge on any atom is -0.0616 e. The standard InChI is InChI=1S/C21H15/c1-15-10-12-16(13-11-15)21-19-8-4-2-6-17(19)14-18-7-3-5-9-20(18)21/h2-14H,1H2. The van der Waals surface area contributed by atoms with E-state index < -0.39 is 0 Å². The zero-order chi connectivity index (χ0) is 14.2. The number of fused-ring (bicyclic) bond motifs is 2. The summed E-state index contributed by atoms with van der Waals surface area (Å²) in [5.41, 5.74) is 3.60. The highest BCUT2D eigenvalue weighted by Crippen LogP contribution is 2.36. The van der Waals surface area contributed by atoms with Crippen molar-refractivity contribution in [1.29, 1.82) is 0 Å². The summed E-state index contributed by atoms with van der Waals surface area (Å²) in [7, 11) is 0. The summed E-state index contributed by atoms with van der Waals surface area (Å²) in [4.78, 5) is 0. The maximum Gasteiger partial charge on any atom is -0.00268 e. The molecule has 0 fully saturated rings. The van der Waals surface area contributed by atoms with Crippen LogP contribution in [0.25, 0.3) is 32.7 Å². The Bertz CT molecular complexity index is 877. The molecule has 0 heterocycles. The van der Waals surface area contributed by atoms with Crippen LogP contribution in [0.15, 0.2) is 78.9 Å². The van der Waals surface area contributed by atoms with Crippen LogP contribution in [0.1, 0.15) is 5.56 Å². The van der Waals surface area contributed by atoms with Gasteiger partial charge in [-0.2, -0.15) is 0 Å². The van der Waals surface area contributed by atoms with Crippen LogP contribution >= 0.6 is 0 Å². The van der Waals surface area contributed by atoms with Crippen LogP contribution in [-0.2, 0) is 0 Å². The Labute approximate surface area is 124 Å². The van der Waals surface area contributed by atoms with Crippen molar-refractivity contribution in [2.45, 2.75) is 0 Å². The number of hydrogen-bond donors (Lipinski definition) is 0. The van der Waals surface area contributed by atoms with Crippen molar-refractivity contribution in [1.82, 2.24) is 0 Å². The molecule has 21 heavy (non-hydrogen) atoms. The van der Waals surface area contributed by atoms with Crippen molar-refractivity contribution in [3.05, 3.63) is 91.3 Å². The molecule has 0 N–H and O–H groups in total. The molecule has 0 atom stereocenters. The second kappa shape index (κ2) is 4.75. The molecule has 1 radical (unpaired) electrons. The summed E-state index contributed by atoms with van der Waals surface area (Å²) in [6.07, 6.45) is 0. The molecule has 0 aliphatic rings. The van der Waals surface area contributed by atoms with Gasteiger partial charge >= 0.3 is 0 Å². The fraction of sp³-hybridized carbons (Fsp3) is 0. The van der Waals surface area contributed by atoms with Crippen LogP contribution in [0, 0.1) is 6.92 Å². The molecule has 0 heteroatoms. The minimum absolute atomic E-state index is 1.04. The van der Waals surface area contributed by atoms with E-state index in [9.17, 15) is 0 Å². The molecular formula is C21H15. The van der Waals surface area contributed by atoms with Crippen molar-refractivity contribution in [2.75, 3.05) is 0 Å². The normalized spacial score (nSPS) is 11.1. The van der Waals surface area contributed by atoms with Gasteiger partial charge in [-0.1, -0.05) is 72.8 Å². The molecule has 4 rings (SSSR count). The summed E-state index contributed by atoms with van der Waals surface area (Å²) in [5.74, 6) is 0. The molecule has 0 aliphatic heterocycles. The Morgan fingerprint density at radius 3 is 1.67 bits per heavy atom. The van der Waals surface area contributed by atoms with Gasteiger partial charge in [-0.05, 0) is 51.2 Å². The topological polar surface area (TPSA) is 0 Å². The smallest absolute Gasteiger partial charge is 0.00268 e. The first-order valence-electron chi connectivity index (χ1n) is 7.16. The second-order valence-corrected chi connectivity index (χ2v) is 5.39. The average Bonchev–Trinajstić information content (AvgIpc) is 2.53. The van der Waals surface area contributed by atoms with Gasteiger partial charge in [-0.3, -0.25) is 0 Å². The fourth-order valence-electron chi connectivity index (χ4n) is 3.00. The van der Waals surface area contributed by atoms with E-state index in [2.05, 4.69) is 85.8 Å². The third-order valence-corrected chi connectivity index (χ3v) is 4.01. The summed E-state index contributed by atoms with van der Waals surface area (Å²) >= 11 is 0. The fourth-order valence-corrected chi connectivity index (χ4v) is 3.00. The second-order valence-electron chi connectivity index (χ2n) is 5.39. The summed E-state index contributed by atoms with van der Waals surface area (Å²) < 4.78 is 0. The third kappa shape index (κ3) is 2.00. The van der Waals surface area contributed by atoms with Gasteiger partial charge in [0.25, 0.3) is 0 Å². The third-order valence-electron chi connectivity index (χ3n) is 4.01. The lowest BCUT2D eigenvalue weighted by atomic mass is 9.92. The number of rotatable bonds is 1. The first kappa shape index (κ1) is 12.2. The van der Waals surface area contributed by atoms with Crippen LogP contribution < -0.4 is 0 Å². The van der Waals surface area contributed by atoms with Gasteiger partial charge in [-0.25, -0.2) is 0 Å². The van der Waals surface area contributed by atoms with E-state index in [0.717, 1.165) is 5.56 Å². The predicted octanol–water partition coefficient (Wildman–Crippen LogP) is 5.84. The minimum atomic E-state index is 1.04. The van der Waals surface area contributed by atoms with Crippen LogP contribution in [-0.4, -0.2) is 0 Å². The highest BCUT2D eigenvalue weighted by molar-refractivity contribution is 6.12. The lowest BCUT2D eigenvalue weighted by Crippen LogP contribution is -1.85. The van der Waals surface area contributed by atoms with Crippen molar-refractivity contribution in [3.63, 3.8) is 0 Å². The van der Waals surface area contributed by atoms with Crippen molar-refractivity contribution < 1.29 is 0 Å². The molecular weight excluding hydrogens is 252 g/mol. The Balaban J connectivity index is 2.18. The van der Waals surface area contributed by atoms with Crippen molar-refractivity contribution in [2.24, 2.45) is 0 Å². The molecule has 0 saturated carbocycles. The zero-order valence-electron chi connectivity index (χ0n) is 11.7. The predicted molar refractivity (Wildman–Crippen MR) is 91.3 cm³/mol. The molecule has 0 aliphatic carbocycles. The molecule has 4 aromatic rings. The lowest BCUT2D eigenvalue weighted by molar-refractivity contribution is 1.60. The SMILES string of the molecule is [CH2]c1ccc(-c2c3ccccc3cc3ccccc23)cc1. The maximum atomic E-state index is 3.98. The van der Waals surface area contributed by atoms with E-state index in [1.165, 1.54) is 32.7 Å². The molecule has 0 unspecified atom stereocenters. The van der Waals surface area contributed by atoms with Gasteiger partial charge in [-0.15, -0.1) is 0 Å².